The molecule has 5 heteroatoms. The van der Waals surface area contributed by atoms with Crippen LogP contribution in [0.5, 0.6) is 17.2 Å². The van der Waals surface area contributed by atoms with Gasteiger partial charge in [-0.3, -0.25) is 4.79 Å². The summed E-state index contributed by atoms with van der Waals surface area (Å²) in [5.74, 6) is 1.95. The van der Waals surface area contributed by atoms with E-state index in [-0.39, 0.29) is 18.7 Å². The van der Waals surface area contributed by atoms with Crippen molar-refractivity contribution in [1.82, 2.24) is 5.32 Å². The number of rotatable bonds is 5. The average molecular weight is 313 g/mol. The first-order valence-corrected chi connectivity index (χ1v) is 7.60. The molecule has 23 heavy (non-hydrogen) atoms. The monoisotopic (exact) mass is 313 g/mol. The molecule has 1 aliphatic rings. The van der Waals surface area contributed by atoms with Gasteiger partial charge in [0, 0.05) is 5.56 Å². The van der Waals surface area contributed by atoms with E-state index >= 15 is 0 Å². The molecule has 0 aromatic heterocycles. The van der Waals surface area contributed by atoms with Crippen molar-refractivity contribution >= 4 is 5.91 Å². The minimum atomic E-state index is -0.148. The Bertz CT molecular complexity index is 697. The molecule has 1 heterocycles. The standard InChI is InChI=1S/C18H19NO4/c1-3-21-15-7-4-13(5-8-15)12(2)19-18(20)14-6-9-16-17(10-14)23-11-22-16/h4-10,12H,3,11H2,1-2H3,(H,19,20). The van der Waals surface area contributed by atoms with E-state index in [1.807, 2.05) is 38.1 Å². The van der Waals surface area contributed by atoms with E-state index in [1.54, 1.807) is 18.2 Å². The normalized spacial score (nSPS) is 13.5. The maximum atomic E-state index is 12.4. The molecule has 1 amide bonds. The maximum absolute atomic E-state index is 12.4. The topological polar surface area (TPSA) is 56.8 Å². The third-order valence-corrected chi connectivity index (χ3v) is 3.67. The Hall–Kier alpha value is -2.69. The van der Waals surface area contributed by atoms with Gasteiger partial charge in [0.1, 0.15) is 5.75 Å². The van der Waals surface area contributed by atoms with Crippen LogP contribution in [0.4, 0.5) is 0 Å². The molecule has 120 valence electrons. The van der Waals surface area contributed by atoms with Crippen molar-refractivity contribution in [3.63, 3.8) is 0 Å². The smallest absolute Gasteiger partial charge is 0.251 e. The lowest BCUT2D eigenvalue weighted by Gasteiger charge is -2.15. The van der Waals surface area contributed by atoms with Crippen molar-refractivity contribution in [1.29, 1.82) is 0 Å². The van der Waals surface area contributed by atoms with Crippen molar-refractivity contribution in [2.24, 2.45) is 0 Å². The lowest BCUT2D eigenvalue weighted by atomic mass is 10.1. The molecule has 1 unspecified atom stereocenters. The number of carbonyl (C=O) groups is 1. The van der Waals surface area contributed by atoms with Crippen molar-refractivity contribution in [2.45, 2.75) is 19.9 Å². The molecule has 1 aliphatic heterocycles. The summed E-state index contributed by atoms with van der Waals surface area (Å²) in [6.07, 6.45) is 0. The Labute approximate surface area is 135 Å². The highest BCUT2D eigenvalue weighted by atomic mass is 16.7. The Morgan fingerprint density at radius 2 is 1.91 bits per heavy atom. The fraction of sp³-hybridized carbons (Fsp3) is 0.278. The van der Waals surface area contributed by atoms with Crippen LogP contribution in [-0.2, 0) is 0 Å². The molecule has 1 atom stereocenters. The van der Waals surface area contributed by atoms with E-state index in [1.165, 1.54) is 0 Å². The van der Waals surface area contributed by atoms with Gasteiger partial charge >= 0.3 is 0 Å². The molecule has 2 aromatic rings. The number of amides is 1. The van der Waals surface area contributed by atoms with Crippen LogP contribution < -0.4 is 19.5 Å². The second-order valence-corrected chi connectivity index (χ2v) is 5.27. The molecule has 0 radical (unpaired) electrons. The van der Waals surface area contributed by atoms with E-state index in [9.17, 15) is 4.79 Å². The van der Waals surface area contributed by atoms with Gasteiger partial charge in [-0.15, -0.1) is 0 Å². The quantitative estimate of drug-likeness (QED) is 0.920. The molecule has 5 nitrogen and oxygen atoms in total. The lowest BCUT2D eigenvalue weighted by molar-refractivity contribution is 0.0939. The SMILES string of the molecule is CCOc1ccc(C(C)NC(=O)c2ccc3c(c2)OCO3)cc1. The maximum Gasteiger partial charge on any atom is 0.251 e. The molecule has 3 rings (SSSR count). The summed E-state index contributed by atoms with van der Waals surface area (Å²) in [5.41, 5.74) is 1.56. The predicted molar refractivity (Wildman–Crippen MR) is 86.1 cm³/mol. The predicted octanol–water partition coefficient (Wildman–Crippen LogP) is 3.31. The van der Waals surface area contributed by atoms with Crippen LogP contribution in [0.15, 0.2) is 42.5 Å². The minimum absolute atomic E-state index is 0.108. The number of hydrogen-bond acceptors (Lipinski definition) is 4. The van der Waals surface area contributed by atoms with Crippen molar-refractivity contribution in [2.75, 3.05) is 13.4 Å². The Morgan fingerprint density at radius 3 is 2.65 bits per heavy atom. The number of nitrogens with one attached hydrogen (secondary N) is 1. The fourth-order valence-electron chi connectivity index (χ4n) is 2.42. The first-order valence-electron chi connectivity index (χ1n) is 7.60. The highest BCUT2D eigenvalue weighted by Crippen LogP contribution is 2.32. The number of benzene rings is 2. The molecule has 0 saturated carbocycles. The zero-order valence-corrected chi connectivity index (χ0v) is 13.2. The lowest BCUT2D eigenvalue weighted by Crippen LogP contribution is -2.26. The van der Waals surface area contributed by atoms with Crippen molar-refractivity contribution in [3.05, 3.63) is 53.6 Å². The molecular formula is C18H19NO4. The summed E-state index contributed by atoms with van der Waals surface area (Å²) < 4.78 is 16.0. The van der Waals surface area contributed by atoms with Gasteiger partial charge in [-0.05, 0) is 49.7 Å². The zero-order valence-electron chi connectivity index (χ0n) is 13.2. The second kappa shape index (κ2) is 6.60. The van der Waals surface area contributed by atoms with Gasteiger partial charge in [-0.1, -0.05) is 12.1 Å². The number of ether oxygens (including phenoxy) is 3. The summed E-state index contributed by atoms with van der Waals surface area (Å²) in [6, 6.07) is 12.8. The Kier molecular flexibility index (Phi) is 4.37. The second-order valence-electron chi connectivity index (χ2n) is 5.27. The largest absolute Gasteiger partial charge is 0.494 e. The van der Waals surface area contributed by atoms with Gasteiger partial charge in [-0.25, -0.2) is 0 Å². The van der Waals surface area contributed by atoms with E-state index < -0.39 is 0 Å². The number of fused-ring (bicyclic) bond motifs is 1. The van der Waals surface area contributed by atoms with Gasteiger partial charge in [0.2, 0.25) is 6.79 Å². The molecule has 0 aliphatic carbocycles. The van der Waals surface area contributed by atoms with Crippen LogP contribution in [-0.4, -0.2) is 19.3 Å². The molecule has 0 fully saturated rings. The van der Waals surface area contributed by atoms with Crippen molar-refractivity contribution < 1.29 is 19.0 Å². The van der Waals surface area contributed by atoms with Crippen LogP contribution in [0.2, 0.25) is 0 Å². The molecule has 0 saturated heterocycles. The summed E-state index contributed by atoms with van der Waals surface area (Å²) in [7, 11) is 0. The van der Waals surface area contributed by atoms with Crippen LogP contribution in [0, 0.1) is 0 Å². The van der Waals surface area contributed by atoms with Crippen LogP contribution >= 0.6 is 0 Å². The fourth-order valence-corrected chi connectivity index (χ4v) is 2.42. The summed E-state index contributed by atoms with van der Waals surface area (Å²) in [5, 5.41) is 2.98. The highest BCUT2D eigenvalue weighted by Gasteiger charge is 2.17. The zero-order chi connectivity index (χ0) is 16.2. The summed E-state index contributed by atoms with van der Waals surface area (Å²) >= 11 is 0. The third kappa shape index (κ3) is 3.39. The van der Waals surface area contributed by atoms with Gasteiger partial charge < -0.3 is 19.5 Å². The molecule has 0 spiro atoms. The molecule has 0 bridgehead atoms. The Morgan fingerprint density at radius 1 is 1.17 bits per heavy atom. The van der Waals surface area contributed by atoms with Gasteiger partial charge in [0.25, 0.3) is 5.91 Å². The summed E-state index contributed by atoms with van der Waals surface area (Å²) in [6.45, 7) is 4.72. The van der Waals surface area contributed by atoms with Gasteiger partial charge in [0.05, 0.1) is 12.6 Å². The number of hydrogen-bond donors (Lipinski definition) is 1. The molecule has 2 aromatic carbocycles. The molecule has 1 N–H and O–H groups in total. The van der Waals surface area contributed by atoms with E-state index in [4.69, 9.17) is 14.2 Å². The third-order valence-electron chi connectivity index (χ3n) is 3.67. The van der Waals surface area contributed by atoms with Gasteiger partial charge in [0.15, 0.2) is 11.5 Å². The van der Waals surface area contributed by atoms with Crippen molar-refractivity contribution in [3.8, 4) is 17.2 Å². The van der Waals surface area contributed by atoms with E-state index in [0.29, 0.717) is 23.7 Å². The first-order chi connectivity index (χ1) is 11.2. The summed E-state index contributed by atoms with van der Waals surface area (Å²) in [4.78, 5) is 12.4. The van der Waals surface area contributed by atoms with E-state index in [2.05, 4.69) is 5.32 Å². The van der Waals surface area contributed by atoms with Crippen LogP contribution in [0.25, 0.3) is 0 Å². The first kappa shape index (κ1) is 15.2. The molecular weight excluding hydrogens is 294 g/mol. The van der Waals surface area contributed by atoms with E-state index in [0.717, 1.165) is 11.3 Å². The van der Waals surface area contributed by atoms with Gasteiger partial charge in [-0.2, -0.15) is 0 Å². The van der Waals surface area contributed by atoms with Crippen LogP contribution in [0.1, 0.15) is 35.8 Å². The minimum Gasteiger partial charge on any atom is -0.494 e. The van der Waals surface area contributed by atoms with Crippen LogP contribution in [0.3, 0.4) is 0 Å². The number of carbonyl (C=O) groups excluding carboxylic acids is 1. The average Bonchev–Trinajstić information content (AvgIpc) is 3.03. The Balaban J connectivity index is 1.67. The highest BCUT2D eigenvalue weighted by molar-refractivity contribution is 5.95.